The van der Waals surface area contributed by atoms with Gasteiger partial charge in [0.25, 0.3) is 0 Å². The van der Waals surface area contributed by atoms with E-state index in [1.54, 1.807) is 13.8 Å². The van der Waals surface area contributed by atoms with E-state index in [9.17, 15) is 15.3 Å². The molecule has 88 valence electrons. The fraction of sp³-hybridized carbons (Fsp3) is 1.00. The Hall–Kier alpha value is -0.200. The SMILES string of the molecule is CC1(C)O[C@@H]2[C@H](CO)C[C@@H](O)[C@H](O)[C@@H]2O1. The Labute approximate surface area is 88.6 Å². The molecular weight excluding hydrogens is 200 g/mol. The van der Waals surface area contributed by atoms with E-state index in [1.165, 1.54) is 0 Å². The van der Waals surface area contributed by atoms with E-state index in [4.69, 9.17) is 9.47 Å². The lowest BCUT2D eigenvalue weighted by atomic mass is 9.81. The first-order valence-electron chi connectivity index (χ1n) is 5.27. The summed E-state index contributed by atoms with van der Waals surface area (Å²) in [5.74, 6) is -0.927. The number of rotatable bonds is 1. The average Bonchev–Trinajstić information content (AvgIpc) is 2.48. The summed E-state index contributed by atoms with van der Waals surface area (Å²) in [6.45, 7) is 3.46. The van der Waals surface area contributed by atoms with Gasteiger partial charge in [-0.15, -0.1) is 0 Å². The van der Waals surface area contributed by atoms with Gasteiger partial charge >= 0.3 is 0 Å². The molecule has 1 heterocycles. The molecule has 0 spiro atoms. The molecule has 1 saturated carbocycles. The summed E-state index contributed by atoms with van der Waals surface area (Å²) in [4.78, 5) is 0. The van der Waals surface area contributed by atoms with Crippen molar-refractivity contribution in [2.24, 2.45) is 5.92 Å². The third-order valence-electron chi connectivity index (χ3n) is 3.14. The maximum absolute atomic E-state index is 9.76. The summed E-state index contributed by atoms with van der Waals surface area (Å²) in [6, 6.07) is 0. The van der Waals surface area contributed by atoms with Gasteiger partial charge in [-0.25, -0.2) is 0 Å². The predicted octanol–water partition coefficient (Wildman–Crippen LogP) is -0.760. The van der Waals surface area contributed by atoms with Crippen LogP contribution in [0.2, 0.25) is 0 Å². The van der Waals surface area contributed by atoms with Crippen LogP contribution in [0.3, 0.4) is 0 Å². The van der Waals surface area contributed by atoms with Crippen LogP contribution in [-0.4, -0.2) is 52.1 Å². The molecule has 1 aliphatic heterocycles. The summed E-state index contributed by atoms with van der Waals surface area (Å²) in [6.07, 6.45) is -2.30. The van der Waals surface area contributed by atoms with E-state index >= 15 is 0 Å². The van der Waals surface area contributed by atoms with Gasteiger partial charge in [0, 0.05) is 12.5 Å². The molecule has 0 aromatic heterocycles. The molecule has 0 aromatic rings. The fourth-order valence-corrected chi connectivity index (χ4v) is 2.43. The largest absolute Gasteiger partial charge is 0.396 e. The van der Waals surface area contributed by atoms with E-state index in [1.807, 2.05) is 0 Å². The minimum Gasteiger partial charge on any atom is -0.396 e. The van der Waals surface area contributed by atoms with E-state index in [0.717, 1.165) is 0 Å². The van der Waals surface area contributed by atoms with Crippen LogP contribution in [0.1, 0.15) is 20.3 Å². The van der Waals surface area contributed by atoms with E-state index in [-0.39, 0.29) is 18.6 Å². The van der Waals surface area contributed by atoms with Gasteiger partial charge in [0.15, 0.2) is 5.79 Å². The number of aliphatic hydroxyl groups excluding tert-OH is 3. The van der Waals surface area contributed by atoms with Gasteiger partial charge in [-0.2, -0.15) is 0 Å². The van der Waals surface area contributed by atoms with Crippen molar-refractivity contribution in [2.75, 3.05) is 6.61 Å². The molecule has 1 aliphatic carbocycles. The van der Waals surface area contributed by atoms with Crippen molar-refractivity contribution < 1.29 is 24.8 Å². The van der Waals surface area contributed by atoms with Crippen molar-refractivity contribution in [1.82, 2.24) is 0 Å². The molecule has 5 atom stereocenters. The molecule has 1 saturated heterocycles. The number of aliphatic hydroxyl groups is 3. The Kier molecular flexibility index (Phi) is 2.77. The summed E-state index contributed by atoms with van der Waals surface area (Å²) in [5.41, 5.74) is 0. The maximum atomic E-state index is 9.76. The van der Waals surface area contributed by atoms with Crippen LogP contribution in [0.25, 0.3) is 0 Å². The molecule has 2 aliphatic rings. The monoisotopic (exact) mass is 218 g/mol. The van der Waals surface area contributed by atoms with Crippen LogP contribution in [0.15, 0.2) is 0 Å². The van der Waals surface area contributed by atoms with E-state index in [2.05, 4.69) is 0 Å². The quantitative estimate of drug-likeness (QED) is 0.539. The minimum absolute atomic E-state index is 0.0651. The first-order chi connectivity index (χ1) is 6.94. The van der Waals surface area contributed by atoms with Gasteiger partial charge in [0.2, 0.25) is 0 Å². The van der Waals surface area contributed by atoms with Gasteiger partial charge in [-0.1, -0.05) is 0 Å². The standard InChI is InChI=1S/C10H18O5/c1-10(2)14-8-5(4-11)3-6(12)7(13)9(8)15-10/h5-9,11-13H,3-4H2,1-2H3/t5-,6+,7-,8+,9-/m0/s1. The second-order valence-electron chi connectivity index (χ2n) is 4.80. The second-order valence-corrected chi connectivity index (χ2v) is 4.80. The molecular formula is C10H18O5. The van der Waals surface area contributed by atoms with Gasteiger partial charge in [0.1, 0.15) is 12.2 Å². The molecule has 15 heavy (non-hydrogen) atoms. The highest BCUT2D eigenvalue weighted by atomic mass is 16.8. The van der Waals surface area contributed by atoms with E-state index < -0.39 is 24.1 Å². The van der Waals surface area contributed by atoms with Crippen molar-refractivity contribution in [2.45, 2.75) is 50.5 Å². The predicted molar refractivity (Wildman–Crippen MR) is 51.0 cm³/mol. The Bertz CT molecular complexity index is 234. The lowest BCUT2D eigenvalue weighted by Gasteiger charge is -2.36. The molecule has 2 rings (SSSR count). The Balaban J connectivity index is 2.18. The number of fused-ring (bicyclic) bond motifs is 1. The highest BCUT2D eigenvalue weighted by molar-refractivity contribution is 4.98. The lowest BCUT2D eigenvalue weighted by molar-refractivity contribution is -0.159. The molecule has 0 radical (unpaired) electrons. The fourth-order valence-electron chi connectivity index (χ4n) is 2.43. The first kappa shape index (κ1) is 11.3. The Morgan fingerprint density at radius 2 is 1.80 bits per heavy atom. The lowest BCUT2D eigenvalue weighted by Crippen LogP contribution is -2.52. The normalized spacial score (nSPS) is 49.0. The smallest absolute Gasteiger partial charge is 0.163 e. The number of hydrogen-bond acceptors (Lipinski definition) is 5. The van der Waals surface area contributed by atoms with Crippen LogP contribution in [-0.2, 0) is 9.47 Å². The van der Waals surface area contributed by atoms with E-state index in [0.29, 0.717) is 6.42 Å². The van der Waals surface area contributed by atoms with Crippen molar-refractivity contribution in [3.8, 4) is 0 Å². The average molecular weight is 218 g/mol. The highest BCUT2D eigenvalue weighted by Crippen LogP contribution is 2.39. The van der Waals surface area contributed by atoms with Gasteiger partial charge in [0.05, 0.1) is 12.2 Å². The van der Waals surface area contributed by atoms with Crippen molar-refractivity contribution in [3.63, 3.8) is 0 Å². The van der Waals surface area contributed by atoms with Crippen molar-refractivity contribution in [1.29, 1.82) is 0 Å². The molecule has 0 amide bonds. The molecule has 5 heteroatoms. The first-order valence-corrected chi connectivity index (χ1v) is 5.27. The molecule has 0 unspecified atom stereocenters. The second kappa shape index (κ2) is 3.68. The molecule has 2 fully saturated rings. The zero-order valence-corrected chi connectivity index (χ0v) is 8.96. The van der Waals surface area contributed by atoms with Gasteiger partial charge in [-0.05, 0) is 20.3 Å². The highest BCUT2D eigenvalue weighted by Gasteiger charge is 2.53. The van der Waals surface area contributed by atoms with Crippen LogP contribution < -0.4 is 0 Å². The number of ether oxygens (including phenoxy) is 2. The van der Waals surface area contributed by atoms with Gasteiger partial charge in [-0.3, -0.25) is 0 Å². The van der Waals surface area contributed by atoms with Crippen LogP contribution in [0, 0.1) is 5.92 Å². The van der Waals surface area contributed by atoms with Crippen LogP contribution in [0.5, 0.6) is 0 Å². The summed E-state index contributed by atoms with van der Waals surface area (Å²) in [5, 5.41) is 28.5. The molecule has 0 aromatic carbocycles. The zero-order valence-electron chi connectivity index (χ0n) is 8.96. The minimum atomic E-state index is -0.931. The maximum Gasteiger partial charge on any atom is 0.163 e. The third kappa shape index (κ3) is 1.90. The van der Waals surface area contributed by atoms with Crippen molar-refractivity contribution in [3.05, 3.63) is 0 Å². The number of hydrogen-bond donors (Lipinski definition) is 3. The van der Waals surface area contributed by atoms with Crippen molar-refractivity contribution >= 4 is 0 Å². The Morgan fingerprint density at radius 3 is 2.40 bits per heavy atom. The molecule has 5 nitrogen and oxygen atoms in total. The van der Waals surface area contributed by atoms with Crippen LogP contribution in [0.4, 0.5) is 0 Å². The Morgan fingerprint density at radius 1 is 1.20 bits per heavy atom. The molecule has 0 bridgehead atoms. The summed E-state index contributed by atoms with van der Waals surface area (Å²) in [7, 11) is 0. The third-order valence-corrected chi connectivity index (χ3v) is 3.14. The van der Waals surface area contributed by atoms with Crippen LogP contribution >= 0.6 is 0 Å². The zero-order chi connectivity index (χ0) is 11.2. The summed E-state index contributed by atoms with van der Waals surface area (Å²) < 4.78 is 11.1. The topological polar surface area (TPSA) is 79.2 Å². The molecule has 3 N–H and O–H groups in total. The van der Waals surface area contributed by atoms with Gasteiger partial charge < -0.3 is 24.8 Å². The summed E-state index contributed by atoms with van der Waals surface area (Å²) >= 11 is 0.